The van der Waals surface area contributed by atoms with Gasteiger partial charge in [-0.1, -0.05) is 11.6 Å². The Morgan fingerprint density at radius 3 is 2.89 bits per heavy atom. The van der Waals surface area contributed by atoms with Gasteiger partial charge in [0.1, 0.15) is 10.6 Å². The van der Waals surface area contributed by atoms with Gasteiger partial charge in [0.2, 0.25) is 10.0 Å². The molecule has 0 spiro atoms. The van der Waals surface area contributed by atoms with Crippen LogP contribution in [-0.2, 0) is 16.6 Å². The van der Waals surface area contributed by atoms with Gasteiger partial charge in [-0.25, -0.2) is 18.1 Å². The van der Waals surface area contributed by atoms with Crippen LogP contribution in [0.3, 0.4) is 0 Å². The van der Waals surface area contributed by atoms with Crippen LogP contribution in [0.2, 0.25) is 5.02 Å². The molecule has 2 aromatic rings. The molecule has 19 heavy (non-hydrogen) atoms. The van der Waals surface area contributed by atoms with Crippen molar-refractivity contribution in [3.05, 3.63) is 41.4 Å². The summed E-state index contributed by atoms with van der Waals surface area (Å²) in [5.41, 5.74) is 0.663. The van der Waals surface area contributed by atoms with Gasteiger partial charge in [-0.15, -0.1) is 0 Å². The monoisotopic (exact) mass is 301 g/mol. The fraction of sp³-hybridized carbons (Fsp3) is 0.182. The van der Waals surface area contributed by atoms with Gasteiger partial charge in [-0.2, -0.15) is 0 Å². The molecule has 2 rings (SSSR count). The Labute approximate surface area is 115 Å². The minimum Gasteiger partial charge on any atom is -0.495 e. The predicted molar refractivity (Wildman–Crippen MR) is 70.6 cm³/mol. The van der Waals surface area contributed by atoms with E-state index < -0.39 is 10.0 Å². The number of sulfonamides is 1. The first-order valence-electron chi connectivity index (χ1n) is 5.33. The second kappa shape index (κ2) is 5.60. The van der Waals surface area contributed by atoms with Gasteiger partial charge in [0, 0.05) is 23.0 Å². The van der Waals surface area contributed by atoms with Crippen molar-refractivity contribution in [1.29, 1.82) is 0 Å². The van der Waals surface area contributed by atoms with Crippen molar-refractivity contribution < 1.29 is 13.2 Å². The molecule has 0 aliphatic heterocycles. The number of imidazole rings is 1. The Morgan fingerprint density at radius 2 is 2.26 bits per heavy atom. The summed E-state index contributed by atoms with van der Waals surface area (Å²) < 4.78 is 31.8. The SMILES string of the molecule is COc1cc(Cl)ccc1S(=O)(=O)NCc1cnc[nH]1. The van der Waals surface area contributed by atoms with E-state index in [1.54, 1.807) is 6.20 Å². The number of aromatic nitrogens is 2. The van der Waals surface area contributed by atoms with Crippen molar-refractivity contribution in [1.82, 2.24) is 14.7 Å². The molecule has 6 nitrogen and oxygen atoms in total. The molecule has 1 aromatic carbocycles. The fourth-order valence-corrected chi connectivity index (χ4v) is 2.81. The van der Waals surface area contributed by atoms with Gasteiger partial charge in [-0.05, 0) is 12.1 Å². The number of hydrogen-bond acceptors (Lipinski definition) is 4. The van der Waals surface area contributed by atoms with Crippen LogP contribution in [0.5, 0.6) is 5.75 Å². The summed E-state index contributed by atoms with van der Waals surface area (Å²) in [5.74, 6) is 0.199. The fourth-order valence-electron chi connectivity index (χ4n) is 1.50. The number of ether oxygens (including phenoxy) is 1. The van der Waals surface area contributed by atoms with E-state index in [2.05, 4.69) is 14.7 Å². The van der Waals surface area contributed by atoms with E-state index in [9.17, 15) is 8.42 Å². The summed E-state index contributed by atoms with van der Waals surface area (Å²) in [6.45, 7) is 0.119. The van der Waals surface area contributed by atoms with Crippen LogP contribution in [0.15, 0.2) is 35.6 Å². The lowest BCUT2D eigenvalue weighted by molar-refractivity contribution is 0.402. The molecular weight excluding hydrogens is 290 g/mol. The summed E-state index contributed by atoms with van der Waals surface area (Å²) in [7, 11) is -2.29. The Balaban J connectivity index is 2.24. The first-order chi connectivity index (χ1) is 9.03. The van der Waals surface area contributed by atoms with E-state index in [0.29, 0.717) is 10.7 Å². The molecule has 0 amide bonds. The molecule has 2 N–H and O–H groups in total. The first-order valence-corrected chi connectivity index (χ1v) is 7.19. The molecule has 0 aliphatic rings. The van der Waals surface area contributed by atoms with Crippen LogP contribution in [0.1, 0.15) is 5.69 Å². The summed E-state index contributed by atoms with van der Waals surface area (Å²) >= 11 is 5.80. The maximum Gasteiger partial charge on any atom is 0.244 e. The number of aromatic amines is 1. The number of halogens is 1. The van der Waals surface area contributed by atoms with Crippen molar-refractivity contribution in [2.24, 2.45) is 0 Å². The van der Waals surface area contributed by atoms with E-state index >= 15 is 0 Å². The van der Waals surface area contributed by atoms with E-state index in [-0.39, 0.29) is 17.2 Å². The maximum atomic E-state index is 12.1. The normalized spacial score (nSPS) is 11.5. The molecule has 1 aromatic heterocycles. The Bertz CT molecular complexity index is 656. The Kier molecular flexibility index (Phi) is 4.08. The number of hydrogen-bond donors (Lipinski definition) is 2. The van der Waals surface area contributed by atoms with Crippen LogP contribution in [0.4, 0.5) is 0 Å². The van der Waals surface area contributed by atoms with Crippen molar-refractivity contribution in [2.75, 3.05) is 7.11 Å². The number of H-pyrrole nitrogens is 1. The van der Waals surface area contributed by atoms with Crippen LogP contribution in [0, 0.1) is 0 Å². The van der Waals surface area contributed by atoms with Gasteiger partial charge < -0.3 is 9.72 Å². The summed E-state index contributed by atoms with van der Waals surface area (Å²) in [6, 6.07) is 4.34. The summed E-state index contributed by atoms with van der Waals surface area (Å²) in [4.78, 5) is 6.66. The lowest BCUT2D eigenvalue weighted by Gasteiger charge is -2.10. The molecule has 0 bridgehead atoms. The highest BCUT2D eigenvalue weighted by molar-refractivity contribution is 7.89. The van der Waals surface area contributed by atoms with Gasteiger partial charge >= 0.3 is 0 Å². The number of methoxy groups -OCH3 is 1. The highest BCUT2D eigenvalue weighted by Gasteiger charge is 2.19. The van der Waals surface area contributed by atoms with Crippen LogP contribution >= 0.6 is 11.6 Å². The molecule has 0 fully saturated rings. The summed E-state index contributed by atoms with van der Waals surface area (Å²) in [6.07, 6.45) is 3.02. The lowest BCUT2D eigenvalue weighted by atomic mass is 10.3. The average molecular weight is 302 g/mol. The standard InChI is InChI=1S/C11H12ClN3O3S/c1-18-10-4-8(12)2-3-11(10)19(16,17)15-6-9-5-13-7-14-9/h2-5,7,15H,6H2,1H3,(H,13,14). The van der Waals surface area contributed by atoms with Gasteiger partial charge in [0.05, 0.1) is 20.0 Å². The zero-order valence-corrected chi connectivity index (χ0v) is 11.6. The third kappa shape index (κ3) is 3.25. The van der Waals surface area contributed by atoms with Crippen LogP contribution in [0.25, 0.3) is 0 Å². The largest absolute Gasteiger partial charge is 0.495 e. The minimum atomic E-state index is -3.68. The van der Waals surface area contributed by atoms with E-state index in [1.807, 2.05) is 0 Å². The molecule has 0 saturated carbocycles. The second-order valence-electron chi connectivity index (χ2n) is 3.70. The van der Waals surface area contributed by atoms with Gasteiger partial charge in [-0.3, -0.25) is 0 Å². The second-order valence-corrected chi connectivity index (χ2v) is 5.87. The smallest absolute Gasteiger partial charge is 0.244 e. The number of benzene rings is 1. The van der Waals surface area contributed by atoms with Crippen molar-refractivity contribution in [3.63, 3.8) is 0 Å². The van der Waals surface area contributed by atoms with Gasteiger partial charge in [0.15, 0.2) is 0 Å². The van der Waals surface area contributed by atoms with E-state index in [0.717, 1.165) is 0 Å². The Morgan fingerprint density at radius 1 is 1.47 bits per heavy atom. The minimum absolute atomic E-state index is 0.0407. The average Bonchev–Trinajstić information content (AvgIpc) is 2.89. The van der Waals surface area contributed by atoms with Crippen molar-refractivity contribution in [2.45, 2.75) is 11.4 Å². The third-order valence-corrected chi connectivity index (χ3v) is 4.10. The molecule has 1 heterocycles. The molecular formula is C11H12ClN3O3S. The third-order valence-electron chi connectivity index (χ3n) is 2.42. The molecule has 0 saturated heterocycles. The van der Waals surface area contributed by atoms with Crippen LogP contribution < -0.4 is 9.46 Å². The van der Waals surface area contributed by atoms with Gasteiger partial charge in [0.25, 0.3) is 0 Å². The molecule has 0 aliphatic carbocycles. The highest BCUT2D eigenvalue weighted by atomic mass is 35.5. The lowest BCUT2D eigenvalue weighted by Crippen LogP contribution is -2.23. The molecule has 102 valence electrons. The van der Waals surface area contributed by atoms with Crippen molar-refractivity contribution >= 4 is 21.6 Å². The highest BCUT2D eigenvalue weighted by Crippen LogP contribution is 2.26. The Hall–Kier alpha value is -1.57. The maximum absolute atomic E-state index is 12.1. The summed E-state index contributed by atoms with van der Waals surface area (Å²) in [5, 5.41) is 0.407. The van der Waals surface area contributed by atoms with Crippen LogP contribution in [-0.4, -0.2) is 25.5 Å². The quantitative estimate of drug-likeness (QED) is 0.877. The first kappa shape index (κ1) is 13.9. The molecule has 0 unspecified atom stereocenters. The number of nitrogens with zero attached hydrogens (tertiary/aromatic N) is 1. The van der Waals surface area contributed by atoms with E-state index in [1.165, 1.54) is 31.6 Å². The molecule has 8 heteroatoms. The molecule has 0 atom stereocenters. The zero-order valence-electron chi connectivity index (χ0n) is 10.1. The topological polar surface area (TPSA) is 84.1 Å². The predicted octanol–water partition coefficient (Wildman–Crippen LogP) is 1.55. The molecule has 0 radical (unpaired) electrons. The number of nitrogens with one attached hydrogen (secondary N) is 2. The zero-order chi connectivity index (χ0) is 13.9. The number of rotatable bonds is 5. The van der Waals surface area contributed by atoms with E-state index in [4.69, 9.17) is 16.3 Å². The van der Waals surface area contributed by atoms with Crippen molar-refractivity contribution in [3.8, 4) is 5.75 Å².